The Labute approximate surface area is 142 Å². The lowest BCUT2D eigenvalue weighted by molar-refractivity contribution is -0.191. The summed E-state index contributed by atoms with van der Waals surface area (Å²) in [5.74, 6) is -0.867. The Kier molecular flexibility index (Phi) is 3.69. The first-order valence-corrected chi connectivity index (χ1v) is 9.06. The number of hydrogen-bond acceptors (Lipinski definition) is 6. The molecule has 0 amide bonds. The molecule has 134 valence electrons. The van der Waals surface area contributed by atoms with E-state index in [1.54, 1.807) is 6.92 Å². The van der Waals surface area contributed by atoms with Crippen LogP contribution in [0.15, 0.2) is 0 Å². The van der Waals surface area contributed by atoms with Crippen LogP contribution in [0, 0.1) is 11.8 Å². The maximum Gasteiger partial charge on any atom is 0.312 e. The highest BCUT2D eigenvalue weighted by atomic mass is 16.7. The Balaban J connectivity index is 1.22. The fourth-order valence-electron chi connectivity index (χ4n) is 4.26. The molecule has 2 heterocycles. The van der Waals surface area contributed by atoms with Crippen LogP contribution in [0.2, 0.25) is 0 Å². The minimum Gasteiger partial charge on any atom is -0.425 e. The summed E-state index contributed by atoms with van der Waals surface area (Å²) in [6.07, 6.45) is 4.23. The van der Waals surface area contributed by atoms with Crippen LogP contribution < -0.4 is 0 Å². The van der Waals surface area contributed by atoms with Crippen molar-refractivity contribution < 1.29 is 28.5 Å². The molecule has 4 rings (SSSR count). The van der Waals surface area contributed by atoms with Crippen LogP contribution >= 0.6 is 0 Å². The molecule has 0 bridgehead atoms. The Bertz CT molecular complexity index is 514. The van der Waals surface area contributed by atoms with E-state index in [4.69, 9.17) is 18.9 Å². The number of esters is 2. The van der Waals surface area contributed by atoms with E-state index in [0.29, 0.717) is 12.8 Å². The molecule has 4 aliphatic rings. The number of carbonyl (C=O) groups excluding carboxylic acids is 2. The fourth-order valence-corrected chi connectivity index (χ4v) is 4.26. The molecule has 0 spiro atoms. The maximum atomic E-state index is 12.2. The number of rotatable bonds is 4. The SMILES string of the molecule is CC(OC(=O)C1CCC2(C)OC2C1)OC(=O)C1CCC2(C)O[C@H]2C1. The predicted octanol–water partition coefficient (Wildman–Crippen LogP) is 2.33. The third-order valence-electron chi connectivity index (χ3n) is 6.28. The minimum atomic E-state index is -0.841. The zero-order chi connectivity index (χ0) is 17.1. The normalized spacial score (nSPS) is 47.0. The molecule has 0 aromatic carbocycles. The van der Waals surface area contributed by atoms with Gasteiger partial charge >= 0.3 is 11.9 Å². The van der Waals surface area contributed by atoms with Crippen LogP contribution in [0.5, 0.6) is 0 Å². The van der Waals surface area contributed by atoms with Crippen molar-refractivity contribution in [3.05, 3.63) is 0 Å². The number of epoxide rings is 2. The lowest BCUT2D eigenvalue weighted by atomic mass is 9.83. The highest BCUT2D eigenvalue weighted by Crippen LogP contribution is 2.50. The van der Waals surface area contributed by atoms with Gasteiger partial charge in [0.15, 0.2) is 0 Å². The van der Waals surface area contributed by atoms with Gasteiger partial charge in [0, 0.05) is 6.92 Å². The van der Waals surface area contributed by atoms with Gasteiger partial charge in [-0.2, -0.15) is 0 Å². The van der Waals surface area contributed by atoms with Crippen LogP contribution in [-0.2, 0) is 28.5 Å². The van der Waals surface area contributed by atoms with Crippen LogP contribution in [-0.4, -0.2) is 41.6 Å². The topological polar surface area (TPSA) is 77.7 Å². The lowest BCUT2D eigenvalue weighted by Crippen LogP contribution is -2.33. The summed E-state index contributed by atoms with van der Waals surface area (Å²) >= 11 is 0. The highest BCUT2D eigenvalue weighted by molar-refractivity contribution is 5.75. The molecule has 24 heavy (non-hydrogen) atoms. The van der Waals surface area contributed by atoms with Gasteiger partial charge in [0.25, 0.3) is 0 Å². The first-order valence-electron chi connectivity index (χ1n) is 9.06. The summed E-state index contributed by atoms with van der Waals surface area (Å²) in [6.45, 7) is 5.78. The average molecular weight is 338 g/mol. The molecule has 0 aromatic rings. The van der Waals surface area contributed by atoms with Gasteiger partial charge in [0.05, 0.1) is 35.2 Å². The Hall–Kier alpha value is -1.14. The second-order valence-corrected chi connectivity index (χ2v) is 8.22. The van der Waals surface area contributed by atoms with Crippen molar-refractivity contribution in [2.24, 2.45) is 11.8 Å². The molecule has 6 nitrogen and oxygen atoms in total. The third-order valence-corrected chi connectivity index (χ3v) is 6.28. The van der Waals surface area contributed by atoms with E-state index in [1.807, 2.05) is 0 Å². The number of ether oxygens (including phenoxy) is 4. The fraction of sp³-hybridized carbons (Fsp3) is 0.889. The lowest BCUT2D eigenvalue weighted by Gasteiger charge is -2.25. The van der Waals surface area contributed by atoms with E-state index >= 15 is 0 Å². The van der Waals surface area contributed by atoms with E-state index in [0.717, 1.165) is 25.7 Å². The summed E-state index contributed by atoms with van der Waals surface area (Å²) in [4.78, 5) is 24.5. The molecule has 0 N–H and O–H groups in total. The van der Waals surface area contributed by atoms with Gasteiger partial charge in [0.2, 0.25) is 6.29 Å². The van der Waals surface area contributed by atoms with Crippen molar-refractivity contribution in [1.82, 2.24) is 0 Å². The maximum absolute atomic E-state index is 12.2. The van der Waals surface area contributed by atoms with Gasteiger partial charge in [-0.25, -0.2) is 0 Å². The molecule has 2 saturated heterocycles. The molecular weight excluding hydrogens is 312 g/mol. The molecule has 0 radical (unpaired) electrons. The monoisotopic (exact) mass is 338 g/mol. The van der Waals surface area contributed by atoms with Gasteiger partial charge < -0.3 is 18.9 Å². The van der Waals surface area contributed by atoms with Crippen LogP contribution in [0.1, 0.15) is 59.3 Å². The Morgan fingerprint density at radius 1 is 0.917 bits per heavy atom. The van der Waals surface area contributed by atoms with Crippen molar-refractivity contribution in [1.29, 1.82) is 0 Å². The molecular formula is C18H26O6. The van der Waals surface area contributed by atoms with E-state index in [2.05, 4.69) is 13.8 Å². The van der Waals surface area contributed by atoms with Crippen LogP contribution in [0.4, 0.5) is 0 Å². The van der Waals surface area contributed by atoms with E-state index < -0.39 is 6.29 Å². The smallest absolute Gasteiger partial charge is 0.312 e. The number of hydrogen-bond donors (Lipinski definition) is 0. The van der Waals surface area contributed by atoms with Crippen molar-refractivity contribution in [3.63, 3.8) is 0 Å². The van der Waals surface area contributed by atoms with Gasteiger partial charge in [-0.05, 0) is 52.4 Å². The van der Waals surface area contributed by atoms with Crippen LogP contribution in [0.3, 0.4) is 0 Å². The quantitative estimate of drug-likeness (QED) is 0.445. The van der Waals surface area contributed by atoms with Crippen molar-refractivity contribution >= 4 is 11.9 Å². The van der Waals surface area contributed by atoms with Crippen molar-refractivity contribution in [2.75, 3.05) is 0 Å². The zero-order valence-corrected chi connectivity index (χ0v) is 14.6. The number of carbonyl (C=O) groups is 2. The molecule has 6 unspecified atom stereocenters. The van der Waals surface area contributed by atoms with Gasteiger partial charge in [0.1, 0.15) is 0 Å². The summed E-state index contributed by atoms with van der Waals surface area (Å²) in [6, 6.07) is 0. The third kappa shape index (κ3) is 2.94. The van der Waals surface area contributed by atoms with Gasteiger partial charge in [-0.1, -0.05) is 0 Å². The first kappa shape index (κ1) is 16.3. The summed E-state index contributed by atoms with van der Waals surface area (Å²) in [5, 5.41) is 0. The summed E-state index contributed by atoms with van der Waals surface area (Å²) < 4.78 is 21.9. The summed E-state index contributed by atoms with van der Waals surface area (Å²) in [5.41, 5.74) is -0.0373. The van der Waals surface area contributed by atoms with Crippen molar-refractivity contribution in [2.45, 2.75) is 89.0 Å². The van der Waals surface area contributed by atoms with Crippen molar-refractivity contribution in [3.8, 4) is 0 Å². The predicted molar refractivity (Wildman–Crippen MR) is 82.9 cm³/mol. The molecule has 4 fully saturated rings. The van der Waals surface area contributed by atoms with E-state index in [-0.39, 0.29) is 47.2 Å². The highest BCUT2D eigenvalue weighted by Gasteiger charge is 2.57. The molecule has 2 aliphatic carbocycles. The second kappa shape index (κ2) is 5.43. The minimum absolute atomic E-state index is 0.0186. The molecule has 2 saturated carbocycles. The van der Waals surface area contributed by atoms with E-state index in [9.17, 15) is 9.59 Å². The largest absolute Gasteiger partial charge is 0.425 e. The molecule has 0 aromatic heterocycles. The van der Waals surface area contributed by atoms with Gasteiger partial charge in [-0.3, -0.25) is 9.59 Å². The molecule has 6 heteroatoms. The van der Waals surface area contributed by atoms with E-state index in [1.165, 1.54) is 0 Å². The average Bonchev–Trinajstić information content (AvgIpc) is 3.37. The molecule has 7 atom stereocenters. The summed E-state index contributed by atoms with van der Waals surface area (Å²) in [7, 11) is 0. The number of fused-ring (bicyclic) bond motifs is 2. The molecule has 2 aliphatic heterocycles. The zero-order valence-electron chi connectivity index (χ0n) is 14.6. The first-order chi connectivity index (χ1) is 11.3. The standard InChI is InChI=1S/C18H26O6/c1-10(21-15(19)11-4-6-17(2)13(8-11)23-17)22-16(20)12-5-7-18(3)14(9-12)24-18/h10-14H,4-9H2,1-3H3/t10?,11?,12?,13-,14?,17?,18?/m0/s1. The Morgan fingerprint density at radius 3 is 1.71 bits per heavy atom. The van der Waals surface area contributed by atoms with Gasteiger partial charge in [-0.15, -0.1) is 0 Å². The van der Waals surface area contributed by atoms with Crippen LogP contribution in [0.25, 0.3) is 0 Å². The second-order valence-electron chi connectivity index (χ2n) is 8.22. The Morgan fingerprint density at radius 2 is 1.33 bits per heavy atom.